The van der Waals surface area contributed by atoms with Gasteiger partial charge in [0, 0.05) is 61.8 Å². The molecule has 0 saturated carbocycles. The number of nitrogens with zero attached hydrogens (tertiary/aromatic N) is 3. The number of allylic oxidation sites excluding steroid dienone is 2. The summed E-state index contributed by atoms with van der Waals surface area (Å²) in [5, 5.41) is 1.25. The van der Waals surface area contributed by atoms with E-state index in [-0.39, 0.29) is 0 Å². The van der Waals surface area contributed by atoms with Gasteiger partial charge in [-0.2, -0.15) is 0 Å². The van der Waals surface area contributed by atoms with Crippen molar-refractivity contribution in [3.8, 4) is 0 Å². The molecule has 0 radical (unpaired) electrons. The highest BCUT2D eigenvalue weighted by Gasteiger charge is 2.11. The SMILES string of the molecule is C=C/C=C(/CCN(CCc1ccccn1)Cc1cccc2cc[nH]c12)N=C. The molecule has 0 unspecified atom stereocenters. The summed E-state index contributed by atoms with van der Waals surface area (Å²) in [4.78, 5) is 14.4. The van der Waals surface area contributed by atoms with Gasteiger partial charge in [-0.15, -0.1) is 0 Å². The van der Waals surface area contributed by atoms with Gasteiger partial charge < -0.3 is 4.98 Å². The number of fused-ring (bicyclic) bond motifs is 1. The fraction of sp³-hybridized carbons (Fsp3) is 0.217. The van der Waals surface area contributed by atoms with Gasteiger partial charge in [0.1, 0.15) is 0 Å². The van der Waals surface area contributed by atoms with Crippen molar-refractivity contribution >= 4 is 17.6 Å². The maximum atomic E-state index is 4.45. The van der Waals surface area contributed by atoms with Crippen LogP contribution >= 0.6 is 0 Å². The van der Waals surface area contributed by atoms with Gasteiger partial charge in [-0.3, -0.25) is 14.9 Å². The second-order valence-electron chi connectivity index (χ2n) is 6.51. The Balaban J connectivity index is 1.73. The zero-order valence-electron chi connectivity index (χ0n) is 15.6. The Morgan fingerprint density at radius 1 is 1.15 bits per heavy atom. The topological polar surface area (TPSA) is 44.3 Å². The van der Waals surface area contributed by atoms with Crippen molar-refractivity contribution in [2.75, 3.05) is 13.1 Å². The van der Waals surface area contributed by atoms with Crippen LogP contribution in [-0.4, -0.2) is 34.7 Å². The number of H-pyrrole nitrogens is 1. The molecule has 3 rings (SSSR count). The molecule has 0 aliphatic carbocycles. The maximum absolute atomic E-state index is 4.45. The Hall–Kier alpha value is -2.98. The summed E-state index contributed by atoms with van der Waals surface area (Å²) >= 11 is 0. The number of rotatable bonds is 10. The molecular weight excluding hydrogens is 332 g/mol. The maximum Gasteiger partial charge on any atom is 0.0499 e. The molecule has 0 spiro atoms. The summed E-state index contributed by atoms with van der Waals surface area (Å²) in [5.41, 5.74) is 4.60. The third kappa shape index (κ3) is 5.25. The number of para-hydroxylation sites is 1. The second kappa shape index (κ2) is 9.64. The smallest absolute Gasteiger partial charge is 0.0499 e. The first kappa shape index (κ1) is 18.8. The third-order valence-corrected chi connectivity index (χ3v) is 4.68. The van der Waals surface area contributed by atoms with Crippen molar-refractivity contribution in [3.05, 3.63) is 90.5 Å². The highest BCUT2D eigenvalue weighted by Crippen LogP contribution is 2.19. The molecule has 0 fully saturated rings. The summed E-state index contributed by atoms with van der Waals surface area (Å²) in [6.07, 6.45) is 9.31. The molecule has 1 N–H and O–H groups in total. The van der Waals surface area contributed by atoms with E-state index in [0.29, 0.717) is 0 Å². The molecule has 1 aromatic carbocycles. The van der Waals surface area contributed by atoms with E-state index >= 15 is 0 Å². The lowest BCUT2D eigenvalue weighted by Gasteiger charge is -2.23. The molecular formula is C23H26N4. The van der Waals surface area contributed by atoms with Crippen molar-refractivity contribution in [2.45, 2.75) is 19.4 Å². The van der Waals surface area contributed by atoms with E-state index in [1.807, 2.05) is 30.6 Å². The average molecular weight is 358 g/mol. The normalized spacial score (nSPS) is 11.8. The number of aromatic amines is 1. The van der Waals surface area contributed by atoms with Crippen molar-refractivity contribution in [1.82, 2.24) is 14.9 Å². The average Bonchev–Trinajstić information content (AvgIpc) is 3.19. The van der Waals surface area contributed by atoms with Crippen LogP contribution in [0.2, 0.25) is 0 Å². The highest BCUT2D eigenvalue weighted by atomic mass is 15.1. The van der Waals surface area contributed by atoms with Gasteiger partial charge in [0.15, 0.2) is 0 Å². The molecule has 0 aliphatic heterocycles. The van der Waals surface area contributed by atoms with Crippen LogP contribution in [-0.2, 0) is 13.0 Å². The minimum absolute atomic E-state index is 0.846. The predicted octanol–water partition coefficient (Wildman–Crippen LogP) is 4.77. The van der Waals surface area contributed by atoms with E-state index < -0.39 is 0 Å². The number of aliphatic imine (C=N–C) groups is 1. The van der Waals surface area contributed by atoms with E-state index in [1.54, 1.807) is 6.08 Å². The highest BCUT2D eigenvalue weighted by molar-refractivity contribution is 5.82. The minimum atomic E-state index is 0.846. The van der Waals surface area contributed by atoms with E-state index in [4.69, 9.17) is 0 Å². The Kier molecular flexibility index (Phi) is 6.72. The molecule has 0 atom stereocenters. The summed E-state index contributed by atoms with van der Waals surface area (Å²) < 4.78 is 0. The zero-order valence-corrected chi connectivity index (χ0v) is 15.6. The Morgan fingerprint density at radius 2 is 2.07 bits per heavy atom. The lowest BCUT2D eigenvalue weighted by Crippen LogP contribution is -2.27. The summed E-state index contributed by atoms with van der Waals surface area (Å²) in [5.74, 6) is 0. The monoisotopic (exact) mass is 358 g/mol. The van der Waals surface area contributed by atoms with E-state index in [2.05, 4.69) is 63.5 Å². The second-order valence-corrected chi connectivity index (χ2v) is 6.51. The molecule has 4 heteroatoms. The number of hydrogen-bond donors (Lipinski definition) is 1. The fourth-order valence-corrected chi connectivity index (χ4v) is 3.23. The van der Waals surface area contributed by atoms with Crippen molar-refractivity contribution in [2.24, 2.45) is 4.99 Å². The molecule has 2 heterocycles. The fourth-order valence-electron chi connectivity index (χ4n) is 3.23. The van der Waals surface area contributed by atoms with Crippen LogP contribution in [0.15, 0.2) is 84.3 Å². The molecule has 0 amide bonds. The van der Waals surface area contributed by atoms with Crippen LogP contribution in [0.4, 0.5) is 0 Å². The number of pyridine rings is 1. The molecule has 2 aromatic heterocycles. The molecule has 0 aliphatic rings. The third-order valence-electron chi connectivity index (χ3n) is 4.68. The van der Waals surface area contributed by atoms with Crippen molar-refractivity contribution in [1.29, 1.82) is 0 Å². The lowest BCUT2D eigenvalue weighted by atomic mass is 10.1. The number of benzene rings is 1. The van der Waals surface area contributed by atoms with Crippen LogP contribution in [0.25, 0.3) is 10.9 Å². The van der Waals surface area contributed by atoms with E-state index in [0.717, 1.165) is 43.9 Å². The quantitative estimate of drug-likeness (QED) is 0.419. The molecule has 138 valence electrons. The lowest BCUT2D eigenvalue weighted by molar-refractivity contribution is 0.271. The molecule has 0 saturated heterocycles. The Bertz CT molecular complexity index is 908. The van der Waals surface area contributed by atoms with E-state index in [1.165, 1.54) is 16.5 Å². The Labute approximate surface area is 161 Å². The largest absolute Gasteiger partial charge is 0.361 e. The van der Waals surface area contributed by atoms with Gasteiger partial charge in [-0.25, -0.2) is 0 Å². The molecule has 3 aromatic rings. The van der Waals surface area contributed by atoms with Gasteiger partial charge in [-0.05, 0) is 41.9 Å². The number of aromatic nitrogens is 2. The minimum Gasteiger partial charge on any atom is -0.361 e. The summed E-state index contributed by atoms with van der Waals surface area (Å²) in [6, 6.07) is 14.6. The van der Waals surface area contributed by atoms with Crippen LogP contribution in [0.1, 0.15) is 17.7 Å². The summed E-state index contributed by atoms with van der Waals surface area (Å²) in [7, 11) is 0. The Morgan fingerprint density at radius 3 is 2.85 bits per heavy atom. The van der Waals surface area contributed by atoms with Gasteiger partial charge in [-0.1, -0.05) is 36.9 Å². The molecule has 27 heavy (non-hydrogen) atoms. The first-order valence-electron chi connectivity index (χ1n) is 9.25. The predicted molar refractivity (Wildman–Crippen MR) is 114 cm³/mol. The summed E-state index contributed by atoms with van der Waals surface area (Å²) in [6.45, 7) is 10.1. The number of hydrogen-bond acceptors (Lipinski definition) is 3. The zero-order chi connectivity index (χ0) is 18.9. The van der Waals surface area contributed by atoms with Gasteiger partial charge >= 0.3 is 0 Å². The van der Waals surface area contributed by atoms with Gasteiger partial charge in [0.2, 0.25) is 0 Å². The first-order valence-corrected chi connectivity index (χ1v) is 9.25. The van der Waals surface area contributed by atoms with Crippen LogP contribution in [0.3, 0.4) is 0 Å². The van der Waals surface area contributed by atoms with Gasteiger partial charge in [0.05, 0.1) is 0 Å². The van der Waals surface area contributed by atoms with Gasteiger partial charge in [0.25, 0.3) is 0 Å². The van der Waals surface area contributed by atoms with Crippen LogP contribution in [0, 0.1) is 0 Å². The van der Waals surface area contributed by atoms with E-state index in [9.17, 15) is 0 Å². The van der Waals surface area contributed by atoms with Crippen LogP contribution < -0.4 is 0 Å². The number of nitrogens with one attached hydrogen (secondary N) is 1. The van der Waals surface area contributed by atoms with Crippen molar-refractivity contribution in [3.63, 3.8) is 0 Å². The first-order chi connectivity index (χ1) is 13.3. The standard InChI is InChI=1S/C23H26N4/c1-3-7-21(24-2)12-16-27(17-13-22-10-4-5-14-25-22)18-20-9-6-8-19-11-15-26-23(19)20/h3-11,14-15,26H,1-2,12-13,16-18H2/b21-7-. The molecule has 0 bridgehead atoms. The van der Waals surface area contributed by atoms with Crippen LogP contribution in [0.5, 0.6) is 0 Å². The molecule has 4 nitrogen and oxygen atoms in total. The van der Waals surface area contributed by atoms with Crippen molar-refractivity contribution < 1.29 is 0 Å².